The van der Waals surface area contributed by atoms with E-state index in [0.717, 1.165) is 0 Å². The number of carboxylic acids is 1. The van der Waals surface area contributed by atoms with Gasteiger partial charge in [-0.2, -0.15) is 0 Å². The van der Waals surface area contributed by atoms with Crippen LogP contribution in [-0.4, -0.2) is 22.3 Å². The van der Waals surface area contributed by atoms with Gasteiger partial charge in [0.1, 0.15) is 11.2 Å². The lowest BCUT2D eigenvalue weighted by Gasteiger charge is -2.32. The average molecular weight is 163 g/mol. The maximum Gasteiger partial charge on any atom is 0.326 e. The Morgan fingerprint density at radius 1 is 1.64 bits per heavy atom. The Bertz CT molecular complexity index is 164. The van der Waals surface area contributed by atoms with Crippen LogP contribution < -0.4 is 5.73 Å². The van der Waals surface area contributed by atoms with Crippen molar-refractivity contribution in [2.24, 2.45) is 5.73 Å². The first kappa shape index (κ1) is 10.4. The fourth-order valence-electron chi connectivity index (χ4n) is 0.826. The Morgan fingerprint density at radius 2 is 2.00 bits per heavy atom. The zero-order chi connectivity index (χ0) is 9.28. The fraction of sp³-hybridized carbons (Fsp3) is 0.857. The standard InChI is InChI=1S/C7H14FNO2/c1-4-7(9,5(10)11)6(2,3)8/h4,9H2,1-3H3,(H,10,11). The normalized spacial score (nSPS) is 17.5. The summed E-state index contributed by atoms with van der Waals surface area (Å²) in [6.07, 6.45) is 0.0752. The minimum Gasteiger partial charge on any atom is -0.480 e. The Balaban J connectivity index is 4.75. The first-order valence-electron chi connectivity index (χ1n) is 3.47. The number of nitrogens with two attached hydrogens (primary N) is 1. The summed E-state index contributed by atoms with van der Waals surface area (Å²) >= 11 is 0. The molecule has 3 nitrogen and oxygen atoms in total. The van der Waals surface area contributed by atoms with E-state index in [1.54, 1.807) is 6.92 Å². The van der Waals surface area contributed by atoms with Crippen LogP contribution in [0.2, 0.25) is 0 Å². The Kier molecular flexibility index (Phi) is 2.61. The molecule has 0 radical (unpaired) electrons. The lowest BCUT2D eigenvalue weighted by Crippen LogP contribution is -2.60. The number of hydrogen-bond donors (Lipinski definition) is 2. The van der Waals surface area contributed by atoms with Gasteiger partial charge in [-0.15, -0.1) is 0 Å². The molecule has 0 saturated heterocycles. The summed E-state index contributed by atoms with van der Waals surface area (Å²) in [4.78, 5) is 10.5. The molecule has 1 atom stereocenters. The van der Waals surface area contributed by atoms with Crippen molar-refractivity contribution in [1.82, 2.24) is 0 Å². The van der Waals surface area contributed by atoms with Crippen LogP contribution in [0.15, 0.2) is 0 Å². The SMILES string of the molecule is CCC(N)(C(=O)O)C(C)(C)F. The Labute approximate surface area is 65.4 Å². The number of carboxylic acid groups (broad SMARTS) is 1. The van der Waals surface area contributed by atoms with Crippen molar-refractivity contribution in [3.63, 3.8) is 0 Å². The van der Waals surface area contributed by atoms with Crippen LogP contribution in [0.1, 0.15) is 27.2 Å². The third kappa shape index (κ3) is 1.68. The fourth-order valence-corrected chi connectivity index (χ4v) is 0.826. The van der Waals surface area contributed by atoms with Crippen LogP contribution in [0.25, 0.3) is 0 Å². The zero-order valence-electron chi connectivity index (χ0n) is 7.02. The second-order valence-corrected chi connectivity index (χ2v) is 3.10. The number of hydrogen-bond acceptors (Lipinski definition) is 2. The summed E-state index contributed by atoms with van der Waals surface area (Å²) in [6, 6.07) is 0. The van der Waals surface area contributed by atoms with E-state index in [1.165, 1.54) is 13.8 Å². The number of halogens is 1. The van der Waals surface area contributed by atoms with Crippen LogP contribution in [0.4, 0.5) is 4.39 Å². The van der Waals surface area contributed by atoms with Crippen LogP contribution in [0.3, 0.4) is 0 Å². The molecule has 1 unspecified atom stereocenters. The van der Waals surface area contributed by atoms with Gasteiger partial charge >= 0.3 is 5.97 Å². The molecule has 0 saturated carbocycles. The predicted octanol–water partition coefficient (Wildman–Crippen LogP) is 0.927. The van der Waals surface area contributed by atoms with E-state index in [1.807, 2.05) is 0 Å². The predicted molar refractivity (Wildman–Crippen MR) is 40.0 cm³/mol. The molecule has 0 aliphatic rings. The molecular weight excluding hydrogens is 149 g/mol. The smallest absolute Gasteiger partial charge is 0.326 e. The van der Waals surface area contributed by atoms with Crippen molar-refractivity contribution < 1.29 is 14.3 Å². The molecule has 0 fully saturated rings. The first-order valence-corrected chi connectivity index (χ1v) is 3.47. The number of rotatable bonds is 3. The summed E-state index contributed by atoms with van der Waals surface area (Å²) in [5, 5.41) is 8.60. The summed E-state index contributed by atoms with van der Waals surface area (Å²) in [5.41, 5.74) is 1.68. The Hall–Kier alpha value is -0.640. The highest BCUT2D eigenvalue weighted by atomic mass is 19.1. The molecule has 0 rings (SSSR count). The van der Waals surface area contributed by atoms with Crippen LogP contribution in [0.5, 0.6) is 0 Å². The minimum absolute atomic E-state index is 0.0752. The van der Waals surface area contributed by atoms with Gasteiger partial charge in [0.25, 0.3) is 0 Å². The average Bonchev–Trinajstić information content (AvgIpc) is 1.83. The highest BCUT2D eigenvalue weighted by Crippen LogP contribution is 2.26. The van der Waals surface area contributed by atoms with Gasteiger partial charge in [0.2, 0.25) is 0 Å². The van der Waals surface area contributed by atoms with Gasteiger partial charge in [0.15, 0.2) is 0 Å². The third-order valence-corrected chi connectivity index (χ3v) is 2.00. The largest absolute Gasteiger partial charge is 0.480 e. The van der Waals surface area contributed by atoms with Crippen LogP contribution in [-0.2, 0) is 4.79 Å². The zero-order valence-corrected chi connectivity index (χ0v) is 7.02. The molecule has 3 N–H and O–H groups in total. The molecule has 4 heteroatoms. The minimum atomic E-state index is -1.90. The molecular formula is C7H14FNO2. The van der Waals surface area contributed by atoms with Crippen molar-refractivity contribution >= 4 is 5.97 Å². The van der Waals surface area contributed by atoms with Crippen molar-refractivity contribution in [2.45, 2.75) is 38.4 Å². The van der Waals surface area contributed by atoms with Gasteiger partial charge < -0.3 is 10.8 Å². The van der Waals surface area contributed by atoms with E-state index in [9.17, 15) is 9.18 Å². The van der Waals surface area contributed by atoms with Gasteiger partial charge in [-0.05, 0) is 20.3 Å². The second kappa shape index (κ2) is 2.77. The Morgan fingerprint density at radius 3 is 2.00 bits per heavy atom. The first-order chi connectivity index (χ1) is 4.75. The van der Waals surface area contributed by atoms with E-state index in [0.29, 0.717) is 0 Å². The van der Waals surface area contributed by atoms with Gasteiger partial charge in [-0.3, -0.25) is 4.79 Å². The molecule has 0 aromatic carbocycles. The molecule has 11 heavy (non-hydrogen) atoms. The lowest BCUT2D eigenvalue weighted by atomic mass is 9.82. The van der Waals surface area contributed by atoms with E-state index in [2.05, 4.69) is 0 Å². The van der Waals surface area contributed by atoms with Crippen molar-refractivity contribution in [3.05, 3.63) is 0 Å². The van der Waals surface area contributed by atoms with Gasteiger partial charge in [0.05, 0.1) is 0 Å². The topological polar surface area (TPSA) is 63.3 Å². The second-order valence-electron chi connectivity index (χ2n) is 3.10. The van der Waals surface area contributed by atoms with Gasteiger partial charge in [-0.1, -0.05) is 6.92 Å². The van der Waals surface area contributed by atoms with E-state index in [4.69, 9.17) is 10.8 Å². The molecule has 0 spiro atoms. The maximum atomic E-state index is 13.2. The van der Waals surface area contributed by atoms with E-state index in [-0.39, 0.29) is 6.42 Å². The molecule has 0 bridgehead atoms. The van der Waals surface area contributed by atoms with Crippen molar-refractivity contribution in [1.29, 1.82) is 0 Å². The number of aliphatic carboxylic acids is 1. The van der Waals surface area contributed by atoms with Crippen molar-refractivity contribution in [2.75, 3.05) is 0 Å². The molecule has 0 aromatic rings. The molecule has 0 aliphatic heterocycles. The number of alkyl halides is 1. The van der Waals surface area contributed by atoms with Crippen molar-refractivity contribution in [3.8, 4) is 0 Å². The highest BCUT2D eigenvalue weighted by molar-refractivity contribution is 5.80. The highest BCUT2D eigenvalue weighted by Gasteiger charge is 2.47. The summed E-state index contributed by atoms with van der Waals surface area (Å²) < 4.78 is 13.2. The molecule has 0 aromatic heterocycles. The summed E-state index contributed by atoms with van der Waals surface area (Å²) in [6.45, 7) is 3.89. The monoisotopic (exact) mass is 163 g/mol. The lowest BCUT2D eigenvalue weighted by molar-refractivity contribution is -0.149. The van der Waals surface area contributed by atoms with E-state index >= 15 is 0 Å². The summed E-state index contributed by atoms with van der Waals surface area (Å²) in [5.74, 6) is -1.30. The summed E-state index contributed by atoms with van der Waals surface area (Å²) in [7, 11) is 0. The van der Waals surface area contributed by atoms with Crippen LogP contribution in [0, 0.1) is 0 Å². The molecule has 0 amide bonds. The molecule has 0 aliphatic carbocycles. The quantitative estimate of drug-likeness (QED) is 0.650. The van der Waals surface area contributed by atoms with Crippen LogP contribution >= 0.6 is 0 Å². The molecule has 66 valence electrons. The van der Waals surface area contributed by atoms with Gasteiger partial charge in [-0.25, -0.2) is 4.39 Å². The van der Waals surface area contributed by atoms with Gasteiger partial charge in [0, 0.05) is 0 Å². The maximum absolute atomic E-state index is 13.2. The number of carbonyl (C=O) groups is 1. The third-order valence-electron chi connectivity index (χ3n) is 2.00. The molecule has 0 heterocycles. The van der Waals surface area contributed by atoms with E-state index < -0.39 is 17.2 Å².